The Morgan fingerprint density at radius 2 is 2.06 bits per heavy atom. The number of guanidine groups is 2. The second kappa shape index (κ2) is 4.15. The van der Waals surface area contributed by atoms with Gasteiger partial charge in [-0.25, -0.2) is 4.99 Å². The van der Waals surface area contributed by atoms with Crippen molar-refractivity contribution < 1.29 is 0 Å². The van der Waals surface area contributed by atoms with Crippen LogP contribution in [-0.4, -0.2) is 40.2 Å². The summed E-state index contributed by atoms with van der Waals surface area (Å²) in [7, 11) is 0. The normalized spacial score (nSPS) is 23.5. The first-order valence-electron chi connectivity index (χ1n) is 5.43. The van der Waals surface area contributed by atoms with Crippen LogP contribution in [0.15, 0.2) is 9.98 Å². The highest BCUT2D eigenvalue weighted by atomic mass is 32.2. The molecule has 0 saturated carbocycles. The van der Waals surface area contributed by atoms with Gasteiger partial charge in [0.25, 0.3) is 0 Å². The Kier molecular flexibility index (Phi) is 2.96. The lowest BCUT2D eigenvalue weighted by Crippen LogP contribution is -2.57. The maximum atomic E-state index is 5.73. The van der Waals surface area contributed by atoms with Gasteiger partial charge in [-0.2, -0.15) is 4.99 Å². The predicted molar refractivity (Wildman–Crippen MR) is 72.7 cm³/mol. The molecule has 0 aromatic heterocycles. The van der Waals surface area contributed by atoms with E-state index in [0.29, 0.717) is 5.96 Å². The molecule has 0 amide bonds. The Morgan fingerprint density at radius 1 is 1.41 bits per heavy atom. The SMILES string of the molecule is CSC1N=C(N)N=C(NC2C#C2)N1C(C)(C)C. The largest absolute Gasteiger partial charge is 0.368 e. The zero-order valence-corrected chi connectivity index (χ0v) is 11.3. The van der Waals surface area contributed by atoms with E-state index in [1.165, 1.54) is 0 Å². The number of thioether (sulfide) groups is 1. The number of aliphatic imine (C=N–C) groups is 2. The number of hydrogen-bond donors (Lipinski definition) is 2. The van der Waals surface area contributed by atoms with Crippen molar-refractivity contribution in [2.45, 2.75) is 37.8 Å². The maximum Gasteiger partial charge on any atom is 0.221 e. The molecule has 5 nitrogen and oxygen atoms in total. The molecule has 1 aliphatic heterocycles. The molecule has 1 unspecified atom stereocenters. The summed E-state index contributed by atoms with van der Waals surface area (Å²) in [5.74, 6) is 6.95. The zero-order chi connectivity index (χ0) is 12.6. The van der Waals surface area contributed by atoms with Crippen LogP contribution in [0, 0.1) is 11.8 Å². The highest BCUT2D eigenvalue weighted by Crippen LogP contribution is 2.26. The van der Waals surface area contributed by atoms with E-state index in [1.807, 2.05) is 6.26 Å². The summed E-state index contributed by atoms with van der Waals surface area (Å²) >= 11 is 1.63. The van der Waals surface area contributed by atoms with Gasteiger partial charge in [0.2, 0.25) is 11.9 Å². The second-order valence-corrected chi connectivity index (χ2v) is 5.78. The first-order chi connectivity index (χ1) is 7.91. The number of rotatable bonds is 2. The van der Waals surface area contributed by atoms with Crippen LogP contribution in [0.3, 0.4) is 0 Å². The third kappa shape index (κ3) is 2.67. The molecule has 0 fully saturated rings. The topological polar surface area (TPSA) is 66.0 Å². The lowest BCUT2D eigenvalue weighted by Gasteiger charge is -2.42. The van der Waals surface area contributed by atoms with Gasteiger partial charge in [-0.3, -0.25) is 0 Å². The average molecular weight is 251 g/mol. The second-order valence-electron chi connectivity index (χ2n) is 4.89. The molecule has 1 heterocycles. The number of hydrogen-bond acceptors (Lipinski definition) is 6. The molecule has 1 aliphatic carbocycles. The van der Waals surface area contributed by atoms with Crippen LogP contribution in [-0.2, 0) is 0 Å². The van der Waals surface area contributed by atoms with Gasteiger partial charge in [-0.1, -0.05) is 11.8 Å². The van der Waals surface area contributed by atoms with E-state index in [4.69, 9.17) is 5.73 Å². The smallest absolute Gasteiger partial charge is 0.221 e. The van der Waals surface area contributed by atoms with Gasteiger partial charge in [0, 0.05) is 5.54 Å². The number of nitrogens with zero attached hydrogens (tertiary/aromatic N) is 3. The van der Waals surface area contributed by atoms with E-state index >= 15 is 0 Å². The average Bonchev–Trinajstić information content (AvgIpc) is 2.98. The van der Waals surface area contributed by atoms with Crippen molar-refractivity contribution >= 4 is 23.7 Å². The summed E-state index contributed by atoms with van der Waals surface area (Å²) in [5.41, 5.74) is 5.60. The van der Waals surface area contributed by atoms with Gasteiger partial charge in [-0.05, 0) is 27.0 Å². The summed E-state index contributed by atoms with van der Waals surface area (Å²) < 4.78 is 0. The molecule has 0 bridgehead atoms. The third-order valence-corrected chi connectivity index (χ3v) is 3.15. The summed E-state index contributed by atoms with van der Waals surface area (Å²) in [6.45, 7) is 6.37. The van der Waals surface area contributed by atoms with Crippen LogP contribution in [0.4, 0.5) is 0 Å². The van der Waals surface area contributed by atoms with Crippen molar-refractivity contribution in [2.75, 3.05) is 6.26 Å². The fourth-order valence-electron chi connectivity index (χ4n) is 1.62. The van der Waals surface area contributed by atoms with Crippen LogP contribution < -0.4 is 11.1 Å². The standard InChI is InChI=1S/C11H17N5S/c1-11(2,3)16-9(13-7-5-6-7)14-8(12)15-10(16)17-4/h7,10H,1-4H3,(H3,12,13,14,15). The molecule has 17 heavy (non-hydrogen) atoms. The molecule has 92 valence electrons. The molecule has 0 radical (unpaired) electrons. The van der Waals surface area contributed by atoms with Crippen LogP contribution in [0.25, 0.3) is 0 Å². The predicted octanol–water partition coefficient (Wildman–Crippen LogP) is 0.393. The van der Waals surface area contributed by atoms with Crippen LogP contribution in [0.1, 0.15) is 20.8 Å². The minimum absolute atomic E-state index is 0.0475. The minimum Gasteiger partial charge on any atom is -0.368 e. The molecule has 0 saturated heterocycles. The molecule has 0 spiro atoms. The zero-order valence-electron chi connectivity index (χ0n) is 10.5. The Morgan fingerprint density at radius 3 is 2.53 bits per heavy atom. The van der Waals surface area contributed by atoms with Crippen molar-refractivity contribution in [1.82, 2.24) is 10.2 Å². The molecule has 0 aromatic rings. The van der Waals surface area contributed by atoms with Gasteiger partial charge < -0.3 is 16.0 Å². The van der Waals surface area contributed by atoms with E-state index in [-0.39, 0.29) is 17.1 Å². The highest BCUT2D eigenvalue weighted by molar-refractivity contribution is 7.99. The fourth-order valence-corrected chi connectivity index (χ4v) is 2.46. The molecule has 0 aromatic carbocycles. The summed E-state index contributed by atoms with van der Waals surface area (Å²) in [6, 6.07) is 0.0620. The van der Waals surface area contributed by atoms with E-state index in [1.54, 1.807) is 11.8 Å². The van der Waals surface area contributed by atoms with Crippen LogP contribution in [0.5, 0.6) is 0 Å². The Hall–Kier alpha value is -1.35. The molecular weight excluding hydrogens is 234 g/mol. The summed E-state index contributed by atoms with van der Waals surface area (Å²) in [4.78, 5) is 10.7. The third-order valence-electron chi connectivity index (χ3n) is 2.41. The monoisotopic (exact) mass is 251 g/mol. The highest BCUT2D eigenvalue weighted by Gasteiger charge is 2.35. The van der Waals surface area contributed by atoms with Gasteiger partial charge in [0.15, 0.2) is 11.5 Å². The van der Waals surface area contributed by atoms with Gasteiger partial charge >= 0.3 is 0 Å². The Bertz CT molecular complexity index is 429. The minimum atomic E-state index is -0.0847. The van der Waals surface area contributed by atoms with Crippen LogP contribution >= 0.6 is 11.8 Å². The van der Waals surface area contributed by atoms with Crippen molar-refractivity contribution in [1.29, 1.82) is 0 Å². The lowest BCUT2D eigenvalue weighted by atomic mass is 10.1. The van der Waals surface area contributed by atoms with E-state index in [2.05, 4.69) is 52.8 Å². The van der Waals surface area contributed by atoms with Gasteiger partial charge in [0.05, 0.1) is 0 Å². The van der Waals surface area contributed by atoms with E-state index in [9.17, 15) is 0 Å². The first kappa shape index (κ1) is 12.1. The Labute approximate surface area is 106 Å². The van der Waals surface area contributed by atoms with Crippen molar-refractivity contribution in [3.63, 3.8) is 0 Å². The summed E-state index contributed by atoms with van der Waals surface area (Å²) in [5, 5.41) is 3.22. The van der Waals surface area contributed by atoms with Crippen molar-refractivity contribution in [3.05, 3.63) is 0 Å². The van der Waals surface area contributed by atoms with Crippen LogP contribution in [0.2, 0.25) is 0 Å². The maximum absolute atomic E-state index is 5.73. The summed E-state index contributed by atoms with van der Waals surface area (Å²) in [6.07, 6.45) is 2.01. The number of nitrogens with two attached hydrogens (primary N) is 1. The molecular formula is C11H17N5S. The fraction of sp³-hybridized carbons (Fsp3) is 0.636. The van der Waals surface area contributed by atoms with E-state index < -0.39 is 0 Å². The molecule has 2 rings (SSSR count). The van der Waals surface area contributed by atoms with Crippen molar-refractivity contribution in [3.8, 4) is 11.8 Å². The molecule has 6 heteroatoms. The first-order valence-corrected chi connectivity index (χ1v) is 6.72. The lowest BCUT2D eigenvalue weighted by molar-refractivity contribution is 0.216. The van der Waals surface area contributed by atoms with Gasteiger partial charge in [-0.15, -0.1) is 11.8 Å². The molecule has 2 aliphatic rings. The molecule has 1 atom stereocenters. The van der Waals surface area contributed by atoms with Gasteiger partial charge in [0.1, 0.15) is 0 Å². The molecule has 3 N–H and O–H groups in total. The van der Waals surface area contributed by atoms with Crippen molar-refractivity contribution in [2.24, 2.45) is 15.7 Å². The Balaban J connectivity index is 2.25. The van der Waals surface area contributed by atoms with E-state index in [0.717, 1.165) is 5.96 Å². The number of nitrogens with one attached hydrogen (secondary N) is 1. The quantitative estimate of drug-likeness (QED) is 0.697.